The van der Waals surface area contributed by atoms with Gasteiger partial charge in [-0.2, -0.15) is 9.78 Å². The fourth-order valence-electron chi connectivity index (χ4n) is 2.56. The first-order valence-corrected chi connectivity index (χ1v) is 7.78. The number of hydrogen-bond donors (Lipinski definition) is 1. The van der Waals surface area contributed by atoms with Gasteiger partial charge in [0.25, 0.3) is 5.69 Å². The van der Waals surface area contributed by atoms with E-state index in [1.807, 2.05) is 12.1 Å². The van der Waals surface area contributed by atoms with E-state index in [0.717, 1.165) is 11.8 Å². The van der Waals surface area contributed by atoms with Gasteiger partial charge < -0.3 is 5.73 Å². The molecule has 26 heavy (non-hydrogen) atoms. The SMILES string of the molecule is Nc1ncnc2c1c(-c1ccc(Cl)cc1)nn2-c1ccc([N+](=O)[O-])cn1. The number of anilines is 1. The zero-order valence-electron chi connectivity index (χ0n) is 13.1. The minimum Gasteiger partial charge on any atom is -0.383 e. The van der Waals surface area contributed by atoms with Gasteiger partial charge in [-0.25, -0.2) is 15.0 Å². The van der Waals surface area contributed by atoms with Gasteiger partial charge in [0.15, 0.2) is 11.5 Å². The van der Waals surface area contributed by atoms with Crippen molar-refractivity contribution < 1.29 is 4.92 Å². The Morgan fingerprint density at radius 3 is 2.50 bits per heavy atom. The number of nitro groups is 1. The first kappa shape index (κ1) is 15.9. The molecule has 0 aliphatic rings. The van der Waals surface area contributed by atoms with Gasteiger partial charge in [-0.15, -0.1) is 0 Å². The highest BCUT2D eigenvalue weighted by Gasteiger charge is 2.19. The molecule has 4 aromatic rings. The molecule has 0 radical (unpaired) electrons. The van der Waals surface area contributed by atoms with Crippen LogP contribution in [0.1, 0.15) is 0 Å². The maximum absolute atomic E-state index is 10.8. The lowest BCUT2D eigenvalue weighted by Crippen LogP contribution is -2.02. The van der Waals surface area contributed by atoms with Gasteiger partial charge in [-0.3, -0.25) is 10.1 Å². The van der Waals surface area contributed by atoms with E-state index in [1.54, 1.807) is 12.1 Å². The van der Waals surface area contributed by atoms with Crippen molar-refractivity contribution in [2.24, 2.45) is 0 Å². The van der Waals surface area contributed by atoms with Gasteiger partial charge in [0.2, 0.25) is 0 Å². The van der Waals surface area contributed by atoms with Crippen LogP contribution in [-0.2, 0) is 0 Å². The predicted molar refractivity (Wildman–Crippen MR) is 96.0 cm³/mol. The van der Waals surface area contributed by atoms with E-state index in [-0.39, 0.29) is 11.5 Å². The Morgan fingerprint density at radius 1 is 1.08 bits per heavy atom. The standard InChI is InChI=1S/C16H10ClN7O2/c17-10-3-1-9(2-4-10)14-13-15(18)20-8-21-16(13)23(22-14)12-6-5-11(7-19-12)24(25)26/h1-8H,(H2,18,20,21). The zero-order valence-corrected chi connectivity index (χ0v) is 13.8. The number of rotatable bonds is 3. The van der Waals surface area contributed by atoms with Crippen LogP contribution in [-0.4, -0.2) is 29.7 Å². The second kappa shape index (κ2) is 6.05. The minimum absolute atomic E-state index is 0.114. The Hall–Kier alpha value is -3.59. The molecular formula is C16H10ClN7O2. The summed E-state index contributed by atoms with van der Waals surface area (Å²) in [5, 5.41) is 16.5. The Balaban J connectivity index is 1.95. The summed E-state index contributed by atoms with van der Waals surface area (Å²) in [5.74, 6) is 0.645. The van der Waals surface area contributed by atoms with Crippen LogP contribution in [0.5, 0.6) is 0 Å². The lowest BCUT2D eigenvalue weighted by Gasteiger charge is -2.01. The predicted octanol–water partition coefficient (Wildman–Crippen LogP) is 3.02. The molecule has 0 saturated heterocycles. The molecule has 2 N–H and O–H groups in total. The molecule has 0 atom stereocenters. The number of pyridine rings is 1. The van der Waals surface area contributed by atoms with E-state index >= 15 is 0 Å². The molecule has 9 nitrogen and oxygen atoms in total. The summed E-state index contributed by atoms with van der Waals surface area (Å²) in [5.41, 5.74) is 7.72. The minimum atomic E-state index is -0.517. The lowest BCUT2D eigenvalue weighted by atomic mass is 10.1. The van der Waals surface area contributed by atoms with Crippen molar-refractivity contribution in [3.8, 4) is 17.1 Å². The average molecular weight is 368 g/mol. The van der Waals surface area contributed by atoms with Gasteiger partial charge in [-0.05, 0) is 18.2 Å². The Labute approximate surface area is 151 Å². The fourth-order valence-corrected chi connectivity index (χ4v) is 2.68. The molecule has 0 amide bonds. The van der Waals surface area contributed by atoms with Gasteiger partial charge in [0.05, 0.1) is 10.3 Å². The number of fused-ring (bicyclic) bond motifs is 1. The Morgan fingerprint density at radius 2 is 1.85 bits per heavy atom. The van der Waals surface area contributed by atoms with Gasteiger partial charge in [-0.1, -0.05) is 23.7 Å². The summed E-state index contributed by atoms with van der Waals surface area (Å²) in [7, 11) is 0. The molecule has 128 valence electrons. The van der Waals surface area contributed by atoms with E-state index in [1.165, 1.54) is 23.1 Å². The van der Waals surface area contributed by atoms with Gasteiger partial charge in [0.1, 0.15) is 24.0 Å². The van der Waals surface area contributed by atoms with Crippen LogP contribution in [0.25, 0.3) is 28.1 Å². The maximum atomic E-state index is 10.8. The summed E-state index contributed by atoms with van der Waals surface area (Å²) < 4.78 is 1.47. The van der Waals surface area contributed by atoms with Crippen molar-refractivity contribution in [2.75, 3.05) is 5.73 Å². The summed E-state index contributed by atoms with van der Waals surface area (Å²) in [4.78, 5) is 22.7. The first-order chi connectivity index (χ1) is 12.5. The van der Waals surface area contributed by atoms with Crippen molar-refractivity contribution in [3.63, 3.8) is 0 Å². The molecule has 0 saturated carbocycles. The van der Waals surface area contributed by atoms with Crippen molar-refractivity contribution in [2.45, 2.75) is 0 Å². The van der Waals surface area contributed by atoms with Crippen LogP contribution in [0, 0.1) is 10.1 Å². The monoisotopic (exact) mass is 367 g/mol. The third kappa shape index (κ3) is 2.60. The van der Waals surface area contributed by atoms with Crippen LogP contribution >= 0.6 is 11.6 Å². The molecule has 0 aliphatic heterocycles. The molecule has 1 aromatic carbocycles. The number of benzene rings is 1. The lowest BCUT2D eigenvalue weighted by molar-refractivity contribution is -0.385. The Kier molecular flexibility index (Phi) is 3.70. The van der Waals surface area contributed by atoms with E-state index in [0.29, 0.717) is 27.6 Å². The van der Waals surface area contributed by atoms with Crippen molar-refractivity contribution in [1.82, 2.24) is 24.7 Å². The molecule has 0 unspecified atom stereocenters. The van der Waals surface area contributed by atoms with Crippen LogP contribution in [0.15, 0.2) is 48.9 Å². The topological polar surface area (TPSA) is 126 Å². The highest BCUT2D eigenvalue weighted by atomic mass is 35.5. The van der Waals surface area contributed by atoms with E-state index < -0.39 is 4.92 Å². The molecule has 3 heterocycles. The van der Waals surface area contributed by atoms with E-state index in [4.69, 9.17) is 17.3 Å². The van der Waals surface area contributed by atoms with Crippen LogP contribution in [0.2, 0.25) is 5.02 Å². The van der Waals surface area contributed by atoms with Crippen LogP contribution in [0.3, 0.4) is 0 Å². The molecule has 3 aromatic heterocycles. The fraction of sp³-hybridized carbons (Fsp3) is 0. The molecule has 10 heteroatoms. The Bertz CT molecular complexity index is 1120. The number of halogens is 1. The summed E-state index contributed by atoms with van der Waals surface area (Å²) in [6, 6.07) is 9.95. The van der Waals surface area contributed by atoms with E-state index in [9.17, 15) is 10.1 Å². The van der Waals surface area contributed by atoms with Crippen molar-refractivity contribution >= 4 is 34.1 Å². The number of aromatic nitrogens is 5. The molecule has 0 bridgehead atoms. The van der Waals surface area contributed by atoms with Gasteiger partial charge >= 0.3 is 0 Å². The highest BCUT2D eigenvalue weighted by molar-refractivity contribution is 6.30. The smallest absolute Gasteiger partial charge is 0.287 e. The van der Waals surface area contributed by atoms with Crippen molar-refractivity contribution in [3.05, 3.63) is 64.1 Å². The number of nitrogens with zero attached hydrogens (tertiary/aromatic N) is 6. The third-order valence-electron chi connectivity index (χ3n) is 3.77. The van der Waals surface area contributed by atoms with E-state index in [2.05, 4.69) is 20.1 Å². The maximum Gasteiger partial charge on any atom is 0.287 e. The zero-order chi connectivity index (χ0) is 18.3. The van der Waals surface area contributed by atoms with Crippen molar-refractivity contribution in [1.29, 1.82) is 0 Å². The van der Waals surface area contributed by atoms with Crippen LogP contribution < -0.4 is 5.73 Å². The number of nitrogens with two attached hydrogens (primary N) is 1. The normalized spacial score (nSPS) is 11.0. The molecule has 0 aliphatic carbocycles. The average Bonchev–Trinajstić information content (AvgIpc) is 3.03. The highest BCUT2D eigenvalue weighted by Crippen LogP contribution is 2.31. The number of hydrogen-bond acceptors (Lipinski definition) is 7. The number of nitrogen functional groups attached to an aromatic ring is 1. The summed E-state index contributed by atoms with van der Waals surface area (Å²) in [6.45, 7) is 0. The summed E-state index contributed by atoms with van der Waals surface area (Å²) >= 11 is 5.95. The molecule has 0 fully saturated rings. The molecule has 0 spiro atoms. The first-order valence-electron chi connectivity index (χ1n) is 7.40. The second-order valence-electron chi connectivity index (χ2n) is 5.36. The molecular weight excluding hydrogens is 358 g/mol. The molecule has 4 rings (SSSR count). The van der Waals surface area contributed by atoms with Crippen LogP contribution in [0.4, 0.5) is 11.5 Å². The quantitative estimate of drug-likeness (QED) is 0.435. The second-order valence-corrected chi connectivity index (χ2v) is 5.79. The third-order valence-corrected chi connectivity index (χ3v) is 4.02. The largest absolute Gasteiger partial charge is 0.383 e. The van der Waals surface area contributed by atoms with Gasteiger partial charge in [0, 0.05) is 16.7 Å². The summed E-state index contributed by atoms with van der Waals surface area (Å²) in [6.07, 6.45) is 2.49.